The van der Waals surface area contributed by atoms with Crippen molar-refractivity contribution in [2.75, 3.05) is 26.2 Å². The van der Waals surface area contributed by atoms with Crippen molar-refractivity contribution < 1.29 is 0 Å². The molecule has 0 amide bonds. The highest BCUT2D eigenvalue weighted by molar-refractivity contribution is 14.0. The number of aromatic nitrogens is 2. The summed E-state index contributed by atoms with van der Waals surface area (Å²) in [5, 5.41) is 10.5. The second-order valence-corrected chi connectivity index (χ2v) is 6.03. The molecular formula is C16H30IN5. The molecule has 1 aromatic rings. The first kappa shape index (κ1) is 19.3. The Bertz CT molecular complexity index is 449. The number of piperidine rings is 1. The van der Waals surface area contributed by atoms with Crippen molar-refractivity contribution in [2.24, 2.45) is 10.9 Å². The van der Waals surface area contributed by atoms with Crippen molar-refractivity contribution in [3.8, 4) is 0 Å². The molecule has 0 radical (unpaired) electrons. The zero-order valence-corrected chi connectivity index (χ0v) is 16.4. The highest BCUT2D eigenvalue weighted by Crippen LogP contribution is 2.16. The number of nitrogens with one attached hydrogen (secondary N) is 2. The van der Waals surface area contributed by atoms with E-state index in [1.807, 2.05) is 6.20 Å². The predicted octanol–water partition coefficient (Wildman–Crippen LogP) is 2.97. The Morgan fingerprint density at radius 2 is 2.18 bits per heavy atom. The quantitative estimate of drug-likeness (QED) is 0.334. The Hall–Kier alpha value is -0.790. The molecule has 1 aliphatic heterocycles. The zero-order chi connectivity index (χ0) is 15.1. The summed E-state index contributed by atoms with van der Waals surface area (Å²) in [4.78, 5) is 7.20. The molecule has 0 saturated carbocycles. The molecule has 0 unspecified atom stereocenters. The summed E-state index contributed by atoms with van der Waals surface area (Å²) in [6.45, 7) is 10.6. The molecule has 0 spiro atoms. The lowest BCUT2D eigenvalue weighted by Crippen LogP contribution is -2.45. The monoisotopic (exact) mass is 419 g/mol. The molecule has 0 aromatic carbocycles. The maximum Gasteiger partial charge on any atom is 0.193 e. The van der Waals surface area contributed by atoms with Crippen molar-refractivity contribution in [1.82, 2.24) is 20.4 Å². The third-order valence-electron chi connectivity index (χ3n) is 4.22. The van der Waals surface area contributed by atoms with Crippen LogP contribution in [0.4, 0.5) is 0 Å². The van der Waals surface area contributed by atoms with Gasteiger partial charge < -0.3 is 10.2 Å². The van der Waals surface area contributed by atoms with Gasteiger partial charge in [0.05, 0.1) is 6.20 Å². The van der Waals surface area contributed by atoms with Crippen LogP contribution in [0.3, 0.4) is 0 Å². The third kappa shape index (κ3) is 5.78. The second-order valence-electron chi connectivity index (χ2n) is 6.03. The lowest BCUT2D eigenvalue weighted by atomic mass is 10.00. The Kier molecular flexibility index (Phi) is 8.82. The summed E-state index contributed by atoms with van der Waals surface area (Å²) in [7, 11) is 0. The average molecular weight is 419 g/mol. The Labute approximate surface area is 151 Å². The smallest absolute Gasteiger partial charge is 0.193 e. The average Bonchev–Trinajstić information content (AvgIpc) is 2.89. The van der Waals surface area contributed by atoms with Crippen LogP contribution in [-0.2, 0) is 6.42 Å². The molecule has 126 valence electrons. The normalized spacial score (nSPS) is 16.5. The lowest BCUT2D eigenvalue weighted by Gasteiger charge is -2.33. The molecule has 2 heterocycles. The number of aliphatic imine (C=N–C) groups is 1. The van der Waals surface area contributed by atoms with Crippen molar-refractivity contribution in [3.05, 3.63) is 17.5 Å². The molecule has 5 nitrogen and oxygen atoms in total. The number of likely N-dealkylation sites (tertiary alicyclic amines) is 1. The number of guanidine groups is 1. The number of hydrogen-bond donors (Lipinski definition) is 2. The number of hydrogen-bond acceptors (Lipinski definition) is 2. The molecule has 1 saturated heterocycles. The highest BCUT2D eigenvalue weighted by atomic mass is 127. The number of H-pyrrole nitrogens is 1. The van der Waals surface area contributed by atoms with Crippen LogP contribution in [0.15, 0.2) is 11.2 Å². The Morgan fingerprint density at radius 3 is 2.77 bits per heavy atom. The van der Waals surface area contributed by atoms with Crippen LogP contribution < -0.4 is 5.32 Å². The molecule has 2 N–H and O–H groups in total. The molecule has 0 atom stereocenters. The number of aromatic amines is 1. The molecule has 22 heavy (non-hydrogen) atoms. The van der Waals surface area contributed by atoms with Gasteiger partial charge in [-0.15, -0.1) is 24.0 Å². The van der Waals surface area contributed by atoms with E-state index in [1.54, 1.807) is 0 Å². The molecule has 1 aromatic heterocycles. The first-order valence-corrected chi connectivity index (χ1v) is 8.22. The summed E-state index contributed by atoms with van der Waals surface area (Å²) in [6.07, 6.45) is 6.59. The Morgan fingerprint density at radius 1 is 1.45 bits per heavy atom. The van der Waals surface area contributed by atoms with E-state index in [0.29, 0.717) is 0 Å². The minimum atomic E-state index is 0. The minimum Gasteiger partial charge on any atom is -0.357 e. The van der Waals surface area contributed by atoms with Gasteiger partial charge in [0, 0.05) is 31.9 Å². The fourth-order valence-corrected chi connectivity index (χ4v) is 2.73. The summed E-state index contributed by atoms with van der Waals surface area (Å²) in [5.41, 5.74) is 2.48. The van der Waals surface area contributed by atoms with Gasteiger partial charge in [0.2, 0.25) is 0 Å². The van der Waals surface area contributed by atoms with Gasteiger partial charge >= 0.3 is 0 Å². The van der Waals surface area contributed by atoms with E-state index < -0.39 is 0 Å². The van der Waals surface area contributed by atoms with Gasteiger partial charge in [0.25, 0.3) is 0 Å². The first-order valence-electron chi connectivity index (χ1n) is 8.22. The fraction of sp³-hybridized carbons (Fsp3) is 0.750. The highest BCUT2D eigenvalue weighted by Gasteiger charge is 2.18. The molecule has 0 bridgehead atoms. The molecule has 0 aliphatic carbocycles. The standard InChI is InChI=1S/C16H29N5.HI/c1-4-17-16(21-10-7-13(2)8-11-21)18-9-5-6-15-12-19-20-14(15)3;/h12-13H,4-11H2,1-3H3,(H,17,18)(H,19,20);1H. The van der Waals surface area contributed by atoms with E-state index in [1.165, 1.54) is 24.1 Å². The summed E-state index contributed by atoms with van der Waals surface area (Å²) >= 11 is 0. The van der Waals surface area contributed by atoms with Crippen LogP contribution in [0.1, 0.15) is 44.4 Å². The van der Waals surface area contributed by atoms with E-state index in [0.717, 1.165) is 50.9 Å². The molecule has 6 heteroatoms. The number of nitrogens with zero attached hydrogens (tertiary/aromatic N) is 3. The summed E-state index contributed by atoms with van der Waals surface area (Å²) in [5.74, 6) is 1.95. The lowest BCUT2D eigenvalue weighted by molar-refractivity contribution is 0.273. The van der Waals surface area contributed by atoms with E-state index in [4.69, 9.17) is 4.99 Å². The summed E-state index contributed by atoms with van der Waals surface area (Å²) < 4.78 is 0. The van der Waals surface area contributed by atoms with Crippen molar-refractivity contribution in [2.45, 2.75) is 46.5 Å². The maximum atomic E-state index is 4.79. The molecule has 1 fully saturated rings. The van der Waals surface area contributed by atoms with Gasteiger partial charge in [-0.2, -0.15) is 5.10 Å². The number of aryl methyl sites for hydroxylation is 2. The van der Waals surface area contributed by atoms with Gasteiger partial charge in [0.15, 0.2) is 5.96 Å². The van der Waals surface area contributed by atoms with Crippen LogP contribution in [0.25, 0.3) is 0 Å². The van der Waals surface area contributed by atoms with Crippen LogP contribution in [0.2, 0.25) is 0 Å². The minimum absolute atomic E-state index is 0. The molecular weight excluding hydrogens is 389 g/mol. The van der Waals surface area contributed by atoms with Crippen molar-refractivity contribution >= 4 is 29.9 Å². The SMILES string of the molecule is CCNC(=NCCCc1cn[nH]c1C)N1CCC(C)CC1.I. The first-order chi connectivity index (χ1) is 10.2. The van der Waals surface area contributed by atoms with Gasteiger partial charge in [-0.25, -0.2) is 0 Å². The predicted molar refractivity (Wildman–Crippen MR) is 103 cm³/mol. The van der Waals surface area contributed by atoms with Gasteiger partial charge in [-0.3, -0.25) is 10.1 Å². The molecule has 1 aliphatic rings. The fourth-order valence-electron chi connectivity index (χ4n) is 2.73. The van der Waals surface area contributed by atoms with Crippen LogP contribution in [0, 0.1) is 12.8 Å². The van der Waals surface area contributed by atoms with Crippen molar-refractivity contribution in [3.63, 3.8) is 0 Å². The van der Waals surface area contributed by atoms with E-state index >= 15 is 0 Å². The topological polar surface area (TPSA) is 56.3 Å². The van der Waals surface area contributed by atoms with E-state index in [9.17, 15) is 0 Å². The second kappa shape index (κ2) is 10.1. The van der Waals surface area contributed by atoms with Gasteiger partial charge in [0.1, 0.15) is 0 Å². The largest absolute Gasteiger partial charge is 0.357 e. The van der Waals surface area contributed by atoms with Gasteiger partial charge in [-0.05, 0) is 51.0 Å². The van der Waals surface area contributed by atoms with Crippen LogP contribution >= 0.6 is 24.0 Å². The summed E-state index contributed by atoms with van der Waals surface area (Å²) in [6, 6.07) is 0. The molecule has 2 rings (SSSR count). The van der Waals surface area contributed by atoms with E-state index in [-0.39, 0.29) is 24.0 Å². The van der Waals surface area contributed by atoms with Gasteiger partial charge in [-0.1, -0.05) is 6.92 Å². The third-order valence-corrected chi connectivity index (χ3v) is 4.22. The number of halogens is 1. The van der Waals surface area contributed by atoms with E-state index in [2.05, 4.69) is 41.2 Å². The maximum absolute atomic E-state index is 4.79. The van der Waals surface area contributed by atoms with Crippen molar-refractivity contribution in [1.29, 1.82) is 0 Å². The zero-order valence-electron chi connectivity index (χ0n) is 14.1. The number of rotatable bonds is 5. The van der Waals surface area contributed by atoms with Crippen LogP contribution in [0.5, 0.6) is 0 Å². The van der Waals surface area contributed by atoms with Crippen LogP contribution in [-0.4, -0.2) is 47.2 Å². The Balaban J connectivity index is 0.00000242.